The van der Waals surface area contributed by atoms with E-state index in [1.165, 1.54) is 19.3 Å². The second-order valence-electron chi connectivity index (χ2n) is 5.13. The van der Waals surface area contributed by atoms with Crippen molar-refractivity contribution >= 4 is 0 Å². The molecule has 2 nitrogen and oxygen atoms in total. The van der Waals surface area contributed by atoms with Crippen LogP contribution >= 0.6 is 0 Å². The average molecular weight is 167 g/mol. The predicted octanol–water partition coefficient (Wildman–Crippen LogP) is 1.10. The molecule has 0 radical (unpaired) electrons. The van der Waals surface area contributed by atoms with Crippen molar-refractivity contribution in [2.45, 2.75) is 37.8 Å². The fraction of sp³-hybridized carbons (Fsp3) is 1.00. The van der Waals surface area contributed by atoms with E-state index in [0.717, 1.165) is 37.1 Å². The second kappa shape index (κ2) is 2.24. The Hall–Kier alpha value is -0.0800. The molecule has 0 unspecified atom stereocenters. The van der Waals surface area contributed by atoms with Crippen molar-refractivity contribution in [3.8, 4) is 0 Å². The number of fused-ring (bicyclic) bond motifs is 1. The van der Waals surface area contributed by atoms with Crippen molar-refractivity contribution in [3.05, 3.63) is 0 Å². The molecule has 4 rings (SSSR count). The van der Waals surface area contributed by atoms with Gasteiger partial charge in [-0.25, -0.2) is 0 Å². The predicted molar refractivity (Wildman–Crippen MR) is 46.5 cm³/mol. The van der Waals surface area contributed by atoms with Crippen LogP contribution in [0.5, 0.6) is 0 Å². The van der Waals surface area contributed by atoms with Gasteiger partial charge in [-0.15, -0.1) is 0 Å². The minimum absolute atomic E-state index is 0.473. The van der Waals surface area contributed by atoms with E-state index in [-0.39, 0.29) is 0 Å². The summed E-state index contributed by atoms with van der Waals surface area (Å²) in [5, 5.41) is 13.5. The zero-order chi connectivity index (χ0) is 8.18. The number of hydrogen-bond acceptors (Lipinski definition) is 2. The van der Waals surface area contributed by atoms with Gasteiger partial charge in [-0.2, -0.15) is 0 Å². The molecule has 2 heterocycles. The maximum absolute atomic E-state index is 10.2. The Balaban J connectivity index is 1.94. The van der Waals surface area contributed by atoms with Gasteiger partial charge >= 0.3 is 0 Å². The van der Waals surface area contributed by atoms with Gasteiger partial charge in [-0.3, -0.25) is 5.32 Å². The summed E-state index contributed by atoms with van der Waals surface area (Å²) in [6.45, 7) is 1.06. The summed E-state index contributed by atoms with van der Waals surface area (Å²) < 4.78 is 0. The number of hydrogen-bond donors (Lipinski definition) is 2. The lowest BCUT2D eigenvalue weighted by Crippen LogP contribution is -2.48. The van der Waals surface area contributed by atoms with Crippen LogP contribution in [0.15, 0.2) is 0 Å². The Morgan fingerprint density at radius 1 is 1.00 bits per heavy atom. The zero-order valence-corrected chi connectivity index (χ0v) is 7.42. The van der Waals surface area contributed by atoms with Crippen LogP contribution in [0, 0.1) is 17.8 Å². The quantitative estimate of drug-likeness (QED) is 0.566. The largest absolute Gasteiger partial charge is 0.376 e. The fourth-order valence-corrected chi connectivity index (χ4v) is 3.72. The third kappa shape index (κ3) is 1.01. The van der Waals surface area contributed by atoms with Crippen LogP contribution in [0.3, 0.4) is 0 Å². The van der Waals surface area contributed by atoms with E-state index in [2.05, 4.69) is 5.32 Å². The topological polar surface area (TPSA) is 32.3 Å². The molecule has 2 atom stereocenters. The molecule has 0 aromatic rings. The molecule has 2 saturated carbocycles. The summed E-state index contributed by atoms with van der Waals surface area (Å²) in [5.41, 5.74) is -0.473. The van der Waals surface area contributed by atoms with Gasteiger partial charge in [0.25, 0.3) is 0 Å². The maximum Gasteiger partial charge on any atom is 0.116 e. The first-order chi connectivity index (χ1) is 5.73. The lowest BCUT2D eigenvalue weighted by Gasteiger charge is -2.41. The van der Waals surface area contributed by atoms with E-state index in [1.807, 2.05) is 0 Å². The van der Waals surface area contributed by atoms with Crippen molar-refractivity contribution in [2.75, 3.05) is 6.54 Å². The first-order valence-corrected chi connectivity index (χ1v) is 5.21. The lowest BCUT2D eigenvalue weighted by molar-refractivity contribution is -0.0583. The number of nitrogens with one attached hydrogen (secondary N) is 1. The van der Waals surface area contributed by atoms with Crippen LogP contribution < -0.4 is 5.32 Å². The van der Waals surface area contributed by atoms with Gasteiger partial charge in [0.05, 0.1) is 0 Å². The van der Waals surface area contributed by atoms with Gasteiger partial charge in [0.2, 0.25) is 0 Å². The van der Waals surface area contributed by atoms with Gasteiger partial charge in [-0.1, -0.05) is 0 Å². The smallest absolute Gasteiger partial charge is 0.116 e. The minimum Gasteiger partial charge on any atom is -0.376 e. The van der Waals surface area contributed by atoms with Crippen LogP contribution in [0.4, 0.5) is 0 Å². The van der Waals surface area contributed by atoms with Crippen molar-refractivity contribution in [1.82, 2.24) is 5.32 Å². The highest BCUT2D eigenvalue weighted by molar-refractivity contribution is 4.97. The average Bonchev–Trinajstić information content (AvgIpc) is 2.14. The highest BCUT2D eigenvalue weighted by atomic mass is 16.3. The van der Waals surface area contributed by atoms with Crippen LogP contribution in [0.1, 0.15) is 32.1 Å². The molecule has 68 valence electrons. The van der Waals surface area contributed by atoms with E-state index >= 15 is 0 Å². The summed E-state index contributed by atoms with van der Waals surface area (Å²) in [5.74, 6) is 2.51. The molecule has 2 saturated heterocycles. The third-order valence-electron chi connectivity index (χ3n) is 3.97. The van der Waals surface area contributed by atoms with Gasteiger partial charge in [-0.05, 0) is 49.9 Å². The van der Waals surface area contributed by atoms with Crippen LogP contribution in [-0.4, -0.2) is 17.4 Å². The van der Waals surface area contributed by atoms with Crippen molar-refractivity contribution in [1.29, 1.82) is 0 Å². The molecule has 0 aromatic heterocycles. The van der Waals surface area contributed by atoms with Gasteiger partial charge < -0.3 is 5.11 Å². The monoisotopic (exact) mass is 167 g/mol. The highest BCUT2D eigenvalue weighted by Gasteiger charge is 2.46. The van der Waals surface area contributed by atoms with Crippen molar-refractivity contribution < 1.29 is 5.11 Å². The van der Waals surface area contributed by atoms with Crippen molar-refractivity contribution in [2.24, 2.45) is 17.8 Å². The van der Waals surface area contributed by atoms with E-state index in [1.54, 1.807) is 0 Å². The first kappa shape index (κ1) is 7.34. The number of rotatable bonds is 0. The molecule has 0 spiro atoms. The van der Waals surface area contributed by atoms with Crippen LogP contribution in [0.25, 0.3) is 0 Å². The molecule has 0 amide bonds. The van der Waals surface area contributed by atoms with Gasteiger partial charge in [0, 0.05) is 6.54 Å². The Bertz CT molecular complexity index is 190. The molecule has 0 aromatic carbocycles. The Kier molecular flexibility index (Phi) is 1.37. The molecule has 4 fully saturated rings. The van der Waals surface area contributed by atoms with Gasteiger partial charge in [0.15, 0.2) is 0 Å². The first-order valence-electron chi connectivity index (χ1n) is 5.21. The summed E-state index contributed by atoms with van der Waals surface area (Å²) in [4.78, 5) is 0. The second-order valence-corrected chi connectivity index (χ2v) is 5.13. The Morgan fingerprint density at radius 2 is 1.58 bits per heavy atom. The van der Waals surface area contributed by atoms with Crippen LogP contribution in [-0.2, 0) is 0 Å². The maximum atomic E-state index is 10.2. The molecule has 12 heavy (non-hydrogen) atoms. The minimum atomic E-state index is -0.473. The summed E-state index contributed by atoms with van der Waals surface area (Å²) >= 11 is 0. The standard InChI is InChI=1S/C10H17NO/c12-10-4-7-1-8(5-10)3-9(2-7)6-11-10/h7-9,11-12H,1-6H2/t7-,8-,9?,10?/m1/s1. The molecule has 2 N–H and O–H groups in total. The molecular formula is C10H17NO. The molecule has 4 aliphatic rings. The summed E-state index contributed by atoms with van der Waals surface area (Å²) in [6, 6.07) is 0. The van der Waals surface area contributed by atoms with Crippen LogP contribution in [0.2, 0.25) is 0 Å². The van der Waals surface area contributed by atoms with E-state index < -0.39 is 5.72 Å². The van der Waals surface area contributed by atoms with Crippen molar-refractivity contribution in [3.63, 3.8) is 0 Å². The third-order valence-corrected chi connectivity index (χ3v) is 3.97. The summed E-state index contributed by atoms with van der Waals surface area (Å²) in [6.07, 6.45) is 6.15. The SMILES string of the molecule is OC12C[C@H]3CC(CN1)C[C@@H](C3)C2. The van der Waals surface area contributed by atoms with E-state index in [0.29, 0.717) is 0 Å². The van der Waals surface area contributed by atoms with Gasteiger partial charge in [0.1, 0.15) is 5.72 Å². The fourth-order valence-electron chi connectivity index (χ4n) is 3.72. The summed E-state index contributed by atoms with van der Waals surface area (Å²) in [7, 11) is 0. The zero-order valence-electron chi connectivity index (χ0n) is 7.42. The molecular weight excluding hydrogens is 150 g/mol. The highest BCUT2D eigenvalue weighted by Crippen LogP contribution is 2.47. The number of aliphatic hydroxyl groups is 1. The molecule has 2 aliphatic heterocycles. The van der Waals surface area contributed by atoms with E-state index in [4.69, 9.17) is 0 Å². The Morgan fingerprint density at radius 3 is 2.25 bits per heavy atom. The Labute approximate surface area is 73.4 Å². The lowest BCUT2D eigenvalue weighted by atomic mass is 9.67. The normalized spacial score (nSPS) is 57.2. The molecule has 2 heteroatoms. The molecule has 2 aliphatic carbocycles. The van der Waals surface area contributed by atoms with E-state index in [9.17, 15) is 5.11 Å². The molecule has 4 bridgehead atoms.